The molecule has 0 saturated heterocycles. The van der Waals surface area contributed by atoms with Crippen LogP contribution in [0.25, 0.3) is 23.3 Å². The highest BCUT2D eigenvalue weighted by molar-refractivity contribution is 5.88. The number of hydrogen-bond acceptors (Lipinski definition) is 7. The van der Waals surface area contributed by atoms with Crippen molar-refractivity contribution in [3.8, 4) is 22.6 Å². The third kappa shape index (κ3) is 11.1. The SMILES string of the molecule is C=C(C)C(=O)OCCCOc1ccc(-c2ccc(/C=C/c3ccc(OCCCCOC(=O)C(=C)CO)cc3)cc2)cc1. The summed E-state index contributed by atoms with van der Waals surface area (Å²) in [6.07, 6.45) is 6.14. The number of hydrogen-bond donors (Lipinski definition) is 1. The van der Waals surface area contributed by atoms with Crippen LogP contribution in [0.1, 0.15) is 37.3 Å². The largest absolute Gasteiger partial charge is 0.494 e. The molecule has 0 spiro atoms. The molecule has 3 aromatic carbocycles. The summed E-state index contributed by atoms with van der Waals surface area (Å²) in [4.78, 5) is 22.8. The molecule has 1 N–H and O–H groups in total. The predicted octanol–water partition coefficient (Wildman–Crippen LogP) is 6.66. The summed E-state index contributed by atoms with van der Waals surface area (Å²) >= 11 is 0. The molecular weight excluding hydrogens is 532 g/mol. The number of carbonyl (C=O) groups excluding carboxylic acids is 2. The topological polar surface area (TPSA) is 91.3 Å². The van der Waals surface area contributed by atoms with Gasteiger partial charge in [0.05, 0.1) is 38.6 Å². The smallest absolute Gasteiger partial charge is 0.335 e. The van der Waals surface area contributed by atoms with Crippen molar-refractivity contribution in [2.24, 2.45) is 0 Å². The molecule has 0 fully saturated rings. The molecular formula is C35H38O7. The highest BCUT2D eigenvalue weighted by Crippen LogP contribution is 2.24. The van der Waals surface area contributed by atoms with Gasteiger partial charge < -0.3 is 24.1 Å². The molecule has 0 aliphatic rings. The van der Waals surface area contributed by atoms with Gasteiger partial charge >= 0.3 is 11.9 Å². The highest BCUT2D eigenvalue weighted by atomic mass is 16.5. The van der Waals surface area contributed by atoms with Crippen LogP contribution in [0.2, 0.25) is 0 Å². The lowest BCUT2D eigenvalue weighted by Gasteiger charge is -2.08. The molecule has 0 aromatic heterocycles. The van der Waals surface area contributed by atoms with Crippen LogP contribution in [0.3, 0.4) is 0 Å². The van der Waals surface area contributed by atoms with Crippen LogP contribution in [0, 0.1) is 0 Å². The number of ether oxygens (including phenoxy) is 4. The summed E-state index contributed by atoms with van der Waals surface area (Å²) in [5.74, 6) is 0.606. The van der Waals surface area contributed by atoms with E-state index >= 15 is 0 Å². The lowest BCUT2D eigenvalue weighted by molar-refractivity contribution is -0.140. The standard InChI is InChI=1S/C35H38O7/c1-26(2)34(37)41-24-6-23-40-33-19-15-31(16-20-33)30-13-9-28(10-14-30)7-8-29-11-17-32(18-12-29)39-21-4-5-22-42-35(38)27(3)25-36/h7-20,36H,1,3-6,21-25H2,2H3/b8-7+. The quantitative estimate of drug-likeness (QED) is 0.0840. The van der Waals surface area contributed by atoms with Gasteiger partial charge in [-0.15, -0.1) is 0 Å². The van der Waals surface area contributed by atoms with Crippen LogP contribution in [0.5, 0.6) is 11.5 Å². The first-order valence-electron chi connectivity index (χ1n) is 13.9. The predicted molar refractivity (Wildman–Crippen MR) is 165 cm³/mol. The Morgan fingerprint density at radius 3 is 1.62 bits per heavy atom. The fraction of sp³-hybridized carbons (Fsp3) is 0.257. The van der Waals surface area contributed by atoms with Gasteiger partial charge in [-0.05, 0) is 66.3 Å². The molecule has 42 heavy (non-hydrogen) atoms. The molecule has 220 valence electrons. The van der Waals surface area contributed by atoms with Crippen molar-refractivity contribution < 1.29 is 33.6 Å². The summed E-state index contributed by atoms with van der Waals surface area (Å²) in [6.45, 7) is 9.77. The van der Waals surface area contributed by atoms with Crippen LogP contribution < -0.4 is 9.47 Å². The van der Waals surface area contributed by atoms with E-state index in [1.54, 1.807) is 6.92 Å². The van der Waals surface area contributed by atoms with Crippen LogP contribution >= 0.6 is 0 Å². The van der Waals surface area contributed by atoms with Gasteiger partial charge in [-0.3, -0.25) is 0 Å². The molecule has 0 amide bonds. The zero-order chi connectivity index (χ0) is 30.2. The molecule has 0 radical (unpaired) electrons. The zero-order valence-corrected chi connectivity index (χ0v) is 24.1. The third-order valence-electron chi connectivity index (χ3n) is 6.11. The van der Waals surface area contributed by atoms with Gasteiger partial charge in [0.1, 0.15) is 11.5 Å². The monoisotopic (exact) mass is 570 g/mol. The Bertz CT molecular complexity index is 1340. The average Bonchev–Trinajstić information content (AvgIpc) is 3.02. The maximum absolute atomic E-state index is 11.4. The van der Waals surface area contributed by atoms with E-state index in [-0.39, 0.29) is 18.1 Å². The second kappa shape index (κ2) is 17.3. The van der Waals surface area contributed by atoms with E-state index in [4.69, 9.17) is 24.1 Å². The maximum Gasteiger partial charge on any atom is 0.335 e. The van der Waals surface area contributed by atoms with Crippen molar-refractivity contribution >= 4 is 24.1 Å². The van der Waals surface area contributed by atoms with E-state index in [1.807, 2.05) is 48.5 Å². The van der Waals surface area contributed by atoms with E-state index in [1.165, 1.54) is 0 Å². The van der Waals surface area contributed by atoms with Gasteiger partial charge in [-0.25, -0.2) is 9.59 Å². The Labute approximate surface area is 247 Å². The van der Waals surface area contributed by atoms with E-state index in [0.29, 0.717) is 38.2 Å². The van der Waals surface area contributed by atoms with Gasteiger partial charge in [-0.1, -0.05) is 73.8 Å². The van der Waals surface area contributed by atoms with E-state index in [9.17, 15) is 9.59 Å². The Kier molecular flexibility index (Phi) is 13.1. The van der Waals surface area contributed by atoms with Gasteiger partial charge in [0.25, 0.3) is 0 Å². The van der Waals surface area contributed by atoms with Crippen LogP contribution in [0.4, 0.5) is 0 Å². The third-order valence-corrected chi connectivity index (χ3v) is 6.11. The molecule has 0 heterocycles. The highest BCUT2D eigenvalue weighted by Gasteiger charge is 2.06. The normalized spacial score (nSPS) is 10.7. The molecule has 0 atom stereocenters. The minimum Gasteiger partial charge on any atom is -0.494 e. The van der Waals surface area contributed by atoms with Crippen molar-refractivity contribution in [1.82, 2.24) is 0 Å². The van der Waals surface area contributed by atoms with Crippen LogP contribution in [-0.2, 0) is 19.1 Å². The number of esters is 2. The number of aliphatic hydroxyl groups is 1. The van der Waals surface area contributed by atoms with Crippen LogP contribution in [-0.4, -0.2) is 50.1 Å². The van der Waals surface area contributed by atoms with E-state index in [0.717, 1.165) is 40.2 Å². The maximum atomic E-state index is 11.4. The van der Waals surface area contributed by atoms with Crippen molar-refractivity contribution in [2.75, 3.05) is 33.0 Å². The van der Waals surface area contributed by atoms with Crippen LogP contribution in [0.15, 0.2) is 97.1 Å². The van der Waals surface area contributed by atoms with Crippen molar-refractivity contribution in [2.45, 2.75) is 26.2 Å². The average molecular weight is 571 g/mol. The summed E-state index contributed by atoms with van der Waals surface area (Å²) in [5, 5.41) is 8.85. The second-order valence-corrected chi connectivity index (χ2v) is 9.62. The van der Waals surface area contributed by atoms with Gasteiger partial charge in [0.2, 0.25) is 0 Å². The first kappa shape index (κ1) is 31.9. The van der Waals surface area contributed by atoms with Crippen molar-refractivity contribution in [1.29, 1.82) is 0 Å². The molecule has 0 unspecified atom stereocenters. The molecule has 7 heteroatoms. The molecule has 0 bridgehead atoms. The number of unbranched alkanes of at least 4 members (excludes halogenated alkanes) is 1. The fourth-order valence-corrected chi connectivity index (χ4v) is 3.66. The zero-order valence-electron chi connectivity index (χ0n) is 24.1. The van der Waals surface area contributed by atoms with E-state index in [2.05, 4.69) is 49.6 Å². The minimum atomic E-state index is -0.565. The first-order valence-corrected chi connectivity index (χ1v) is 13.9. The van der Waals surface area contributed by atoms with E-state index < -0.39 is 12.6 Å². The Morgan fingerprint density at radius 1 is 0.643 bits per heavy atom. The molecule has 3 aromatic rings. The van der Waals surface area contributed by atoms with Gasteiger partial charge in [0.15, 0.2) is 0 Å². The number of benzene rings is 3. The molecule has 0 aliphatic carbocycles. The minimum absolute atomic E-state index is 0.0564. The molecule has 7 nitrogen and oxygen atoms in total. The molecule has 3 rings (SSSR count). The summed E-state index contributed by atoms with van der Waals surface area (Å²) in [6, 6.07) is 24.1. The number of aliphatic hydroxyl groups excluding tert-OH is 1. The lowest BCUT2D eigenvalue weighted by atomic mass is 10.0. The summed E-state index contributed by atoms with van der Waals surface area (Å²) in [5.41, 5.74) is 4.81. The van der Waals surface area contributed by atoms with Crippen molar-refractivity contribution in [3.05, 3.63) is 108 Å². The number of carbonyl (C=O) groups is 2. The van der Waals surface area contributed by atoms with Gasteiger partial charge in [0, 0.05) is 12.0 Å². The fourth-order valence-electron chi connectivity index (χ4n) is 3.66. The van der Waals surface area contributed by atoms with Gasteiger partial charge in [-0.2, -0.15) is 0 Å². The lowest BCUT2D eigenvalue weighted by Crippen LogP contribution is -2.11. The Hall–Kier alpha value is -4.62. The second-order valence-electron chi connectivity index (χ2n) is 9.62. The molecule has 0 aliphatic heterocycles. The molecule has 0 saturated carbocycles. The Balaban J connectivity index is 1.38. The van der Waals surface area contributed by atoms with Crippen molar-refractivity contribution in [3.63, 3.8) is 0 Å². The number of rotatable bonds is 17. The summed E-state index contributed by atoms with van der Waals surface area (Å²) < 4.78 is 21.6. The Morgan fingerprint density at radius 2 is 1.07 bits per heavy atom. The summed E-state index contributed by atoms with van der Waals surface area (Å²) in [7, 11) is 0. The first-order chi connectivity index (χ1) is 20.4.